The predicted octanol–water partition coefficient (Wildman–Crippen LogP) is 3.57. The third-order valence-corrected chi connectivity index (χ3v) is 6.74. The van der Waals surface area contributed by atoms with Crippen molar-refractivity contribution >= 4 is 39.8 Å². The fourth-order valence-electron chi connectivity index (χ4n) is 4.47. The second kappa shape index (κ2) is 8.41. The maximum atomic E-state index is 13.2. The van der Waals surface area contributed by atoms with Gasteiger partial charge in [0, 0.05) is 61.3 Å². The molecule has 5 nitrogen and oxygen atoms in total. The summed E-state index contributed by atoms with van der Waals surface area (Å²) in [6.45, 7) is 4.03. The Balaban J connectivity index is 1.22. The molecule has 0 atom stereocenters. The Bertz CT molecular complexity index is 1170. The molecule has 7 heteroatoms. The quantitative estimate of drug-likeness (QED) is 0.452. The molecule has 3 aromatic rings. The SMILES string of the molecule is O=C1c2cccc3cccc(c23)C(=O)N1CCN1CCN(C(=S)c2ccc(F)cc2)CC1. The molecular weight excluding hydrogens is 425 g/mol. The first kappa shape index (κ1) is 20.7. The van der Waals surface area contributed by atoms with E-state index in [1.165, 1.54) is 17.0 Å². The summed E-state index contributed by atoms with van der Waals surface area (Å²) in [5.41, 5.74) is 2.02. The number of hydrogen-bond donors (Lipinski definition) is 0. The number of benzene rings is 3. The molecule has 0 saturated carbocycles. The Hall–Kier alpha value is -3.16. The van der Waals surface area contributed by atoms with Gasteiger partial charge < -0.3 is 4.90 Å². The first-order valence-electron chi connectivity index (χ1n) is 10.7. The average Bonchev–Trinajstić information content (AvgIpc) is 2.83. The summed E-state index contributed by atoms with van der Waals surface area (Å²) in [5.74, 6) is -0.729. The minimum atomic E-state index is -0.276. The Morgan fingerprint density at radius 1 is 0.812 bits per heavy atom. The lowest BCUT2D eigenvalue weighted by molar-refractivity contribution is 0.0583. The lowest BCUT2D eigenvalue weighted by Crippen LogP contribution is -2.51. The topological polar surface area (TPSA) is 43.9 Å². The molecule has 5 rings (SSSR count). The molecule has 2 amide bonds. The van der Waals surface area contributed by atoms with Gasteiger partial charge in [0.15, 0.2) is 0 Å². The van der Waals surface area contributed by atoms with Crippen LogP contribution in [0.4, 0.5) is 4.39 Å². The van der Waals surface area contributed by atoms with Crippen molar-refractivity contribution in [3.05, 3.63) is 83.2 Å². The van der Waals surface area contributed by atoms with E-state index in [9.17, 15) is 14.0 Å². The van der Waals surface area contributed by atoms with Crippen LogP contribution in [-0.2, 0) is 0 Å². The number of halogens is 1. The van der Waals surface area contributed by atoms with Crippen LogP contribution in [0, 0.1) is 5.82 Å². The van der Waals surface area contributed by atoms with Gasteiger partial charge in [0.2, 0.25) is 0 Å². The van der Waals surface area contributed by atoms with Gasteiger partial charge in [-0.3, -0.25) is 19.4 Å². The molecule has 0 aromatic heterocycles. The van der Waals surface area contributed by atoms with E-state index in [4.69, 9.17) is 12.2 Å². The lowest BCUT2D eigenvalue weighted by atomic mass is 9.94. The molecule has 1 fully saturated rings. The Morgan fingerprint density at radius 3 is 2.00 bits per heavy atom. The average molecular weight is 448 g/mol. The zero-order chi connectivity index (χ0) is 22.2. The molecule has 0 bridgehead atoms. The van der Waals surface area contributed by atoms with Crippen molar-refractivity contribution < 1.29 is 14.0 Å². The van der Waals surface area contributed by atoms with Crippen LogP contribution in [-0.4, -0.2) is 70.8 Å². The highest BCUT2D eigenvalue weighted by atomic mass is 32.1. The molecule has 0 radical (unpaired) electrons. The number of rotatable bonds is 4. The molecule has 0 spiro atoms. The highest BCUT2D eigenvalue weighted by Crippen LogP contribution is 2.29. The fraction of sp³-hybridized carbons (Fsp3) is 0.240. The van der Waals surface area contributed by atoms with E-state index in [1.807, 2.05) is 24.3 Å². The molecule has 0 aliphatic carbocycles. The highest BCUT2D eigenvalue weighted by molar-refractivity contribution is 7.80. The van der Waals surface area contributed by atoms with E-state index in [2.05, 4.69) is 9.80 Å². The molecule has 0 unspecified atom stereocenters. The minimum absolute atomic E-state index is 0.226. The van der Waals surface area contributed by atoms with Crippen LogP contribution in [0.3, 0.4) is 0 Å². The highest BCUT2D eigenvalue weighted by Gasteiger charge is 2.33. The van der Waals surface area contributed by atoms with Crippen LogP contribution in [0.2, 0.25) is 0 Å². The largest absolute Gasteiger partial charge is 0.360 e. The number of hydrogen-bond acceptors (Lipinski definition) is 4. The van der Waals surface area contributed by atoms with Gasteiger partial charge in [0.05, 0.1) is 0 Å². The second-order valence-corrected chi connectivity index (χ2v) is 8.50. The zero-order valence-corrected chi connectivity index (χ0v) is 18.3. The molecule has 2 aliphatic heterocycles. The smallest absolute Gasteiger partial charge is 0.261 e. The predicted molar refractivity (Wildman–Crippen MR) is 125 cm³/mol. The first-order chi connectivity index (χ1) is 15.5. The van der Waals surface area contributed by atoms with Gasteiger partial charge in [-0.1, -0.05) is 36.5 Å². The van der Waals surface area contributed by atoms with E-state index >= 15 is 0 Å². The molecule has 2 aliphatic rings. The molecule has 3 aromatic carbocycles. The molecule has 1 saturated heterocycles. The number of nitrogens with zero attached hydrogens (tertiary/aromatic N) is 3. The van der Waals surface area contributed by atoms with E-state index in [0.717, 1.165) is 47.5 Å². The summed E-state index contributed by atoms with van der Waals surface area (Å²) in [6, 6.07) is 17.4. The van der Waals surface area contributed by atoms with Crippen molar-refractivity contribution in [3.8, 4) is 0 Å². The second-order valence-electron chi connectivity index (χ2n) is 8.11. The molecule has 32 heavy (non-hydrogen) atoms. The number of thiocarbonyl (C=S) groups is 1. The number of carbonyl (C=O) groups excluding carboxylic acids is 2. The van der Waals surface area contributed by atoms with E-state index in [-0.39, 0.29) is 17.6 Å². The van der Waals surface area contributed by atoms with Crippen molar-refractivity contribution in [1.82, 2.24) is 14.7 Å². The first-order valence-corrected chi connectivity index (χ1v) is 11.1. The number of imide groups is 1. The summed E-state index contributed by atoms with van der Waals surface area (Å²) in [5, 5.41) is 1.67. The number of amides is 2. The van der Waals surface area contributed by atoms with Crippen LogP contribution in [0.25, 0.3) is 10.8 Å². The van der Waals surface area contributed by atoms with Gasteiger partial charge in [-0.25, -0.2) is 4.39 Å². The molecule has 0 N–H and O–H groups in total. The summed E-state index contributed by atoms with van der Waals surface area (Å²) < 4.78 is 13.2. The van der Waals surface area contributed by atoms with Crippen LogP contribution in [0.5, 0.6) is 0 Å². The van der Waals surface area contributed by atoms with E-state index in [1.54, 1.807) is 24.3 Å². The Kier molecular flexibility index (Phi) is 5.45. The van der Waals surface area contributed by atoms with Crippen molar-refractivity contribution in [2.24, 2.45) is 0 Å². The van der Waals surface area contributed by atoms with Gasteiger partial charge >= 0.3 is 0 Å². The van der Waals surface area contributed by atoms with Crippen molar-refractivity contribution in [3.63, 3.8) is 0 Å². The number of carbonyl (C=O) groups is 2. The standard InChI is InChI=1S/C25H22FN3O2S/c26-19-9-7-18(8-10-19)25(32)28-14-11-27(12-15-28)13-16-29-23(30)20-5-1-3-17-4-2-6-21(22(17)20)24(29)31/h1-10H,11-16H2. The maximum Gasteiger partial charge on any atom is 0.261 e. The summed E-state index contributed by atoms with van der Waals surface area (Å²) >= 11 is 5.58. The van der Waals surface area contributed by atoms with Gasteiger partial charge in [-0.2, -0.15) is 0 Å². The van der Waals surface area contributed by atoms with Crippen LogP contribution in [0.1, 0.15) is 26.3 Å². The van der Waals surface area contributed by atoms with Gasteiger partial charge in [0.1, 0.15) is 10.8 Å². The maximum absolute atomic E-state index is 13.2. The third-order valence-electron chi connectivity index (χ3n) is 6.25. The number of piperazine rings is 1. The zero-order valence-electron chi connectivity index (χ0n) is 17.5. The minimum Gasteiger partial charge on any atom is -0.360 e. The van der Waals surface area contributed by atoms with Crippen LogP contribution in [0.15, 0.2) is 60.7 Å². The third kappa shape index (κ3) is 3.67. The van der Waals surface area contributed by atoms with Crippen LogP contribution < -0.4 is 0 Å². The van der Waals surface area contributed by atoms with Gasteiger partial charge in [-0.15, -0.1) is 0 Å². The van der Waals surface area contributed by atoms with Gasteiger partial charge in [0.25, 0.3) is 11.8 Å². The van der Waals surface area contributed by atoms with E-state index in [0.29, 0.717) is 24.2 Å². The Labute approximate surface area is 191 Å². The normalized spacial score (nSPS) is 16.7. The van der Waals surface area contributed by atoms with Crippen molar-refractivity contribution in [1.29, 1.82) is 0 Å². The molecule has 162 valence electrons. The molecular formula is C25H22FN3O2S. The van der Waals surface area contributed by atoms with Crippen molar-refractivity contribution in [2.45, 2.75) is 0 Å². The summed E-state index contributed by atoms with van der Waals surface area (Å²) in [4.78, 5) is 32.5. The van der Waals surface area contributed by atoms with Gasteiger partial charge in [-0.05, 0) is 41.8 Å². The van der Waals surface area contributed by atoms with Crippen LogP contribution >= 0.6 is 12.2 Å². The van der Waals surface area contributed by atoms with E-state index < -0.39 is 0 Å². The Morgan fingerprint density at radius 2 is 1.41 bits per heavy atom. The monoisotopic (exact) mass is 447 g/mol. The lowest BCUT2D eigenvalue weighted by Gasteiger charge is -2.37. The summed E-state index contributed by atoms with van der Waals surface area (Å²) in [7, 11) is 0. The van der Waals surface area contributed by atoms with Crippen molar-refractivity contribution in [2.75, 3.05) is 39.3 Å². The molecule has 2 heterocycles. The summed E-state index contributed by atoms with van der Waals surface area (Å²) in [6.07, 6.45) is 0. The fourth-order valence-corrected chi connectivity index (χ4v) is 4.79.